The van der Waals surface area contributed by atoms with Gasteiger partial charge in [-0.25, -0.2) is 15.0 Å². The van der Waals surface area contributed by atoms with Gasteiger partial charge in [-0.15, -0.1) is 0 Å². The van der Waals surface area contributed by atoms with Gasteiger partial charge in [0.15, 0.2) is 5.82 Å². The van der Waals surface area contributed by atoms with Crippen molar-refractivity contribution in [1.29, 1.82) is 0 Å². The van der Waals surface area contributed by atoms with Crippen LogP contribution >= 0.6 is 0 Å². The third-order valence-electron chi connectivity index (χ3n) is 10.4. The van der Waals surface area contributed by atoms with E-state index in [1.165, 1.54) is 22.3 Å². The summed E-state index contributed by atoms with van der Waals surface area (Å²) in [5, 5.41) is 4.51. The Bertz CT molecular complexity index is 1530. The van der Waals surface area contributed by atoms with E-state index in [0.29, 0.717) is 30.2 Å². The first-order valence-corrected chi connectivity index (χ1v) is 18.1. The van der Waals surface area contributed by atoms with E-state index in [1.807, 2.05) is 6.20 Å². The molecule has 0 saturated heterocycles. The number of aromatic nitrogens is 2. The van der Waals surface area contributed by atoms with Crippen LogP contribution in [0.3, 0.4) is 0 Å². The topological polar surface area (TPSA) is 35.5 Å². The molecule has 2 aromatic carbocycles. The minimum Gasteiger partial charge on any atom is -0.297 e. The van der Waals surface area contributed by atoms with Crippen molar-refractivity contribution in [2.24, 2.45) is 0 Å². The van der Waals surface area contributed by atoms with Gasteiger partial charge in [0, 0.05) is 30.0 Å². The molecule has 0 fully saturated rings. The lowest BCUT2D eigenvalue weighted by Crippen LogP contribution is -2.40. The summed E-state index contributed by atoms with van der Waals surface area (Å²) in [7, 11) is 0. The molecule has 0 spiro atoms. The van der Waals surface area contributed by atoms with Gasteiger partial charge in [0.2, 0.25) is 0 Å². The van der Waals surface area contributed by atoms with Gasteiger partial charge in [-0.1, -0.05) is 91.8 Å². The van der Waals surface area contributed by atoms with Crippen LogP contribution in [-0.4, -0.2) is 21.5 Å². The number of hydrogen-bond acceptors (Lipinski definition) is 5. The molecule has 1 aliphatic heterocycles. The van der Waals surface area contributed by atoms with Crippen molar-refractivity contribution in [2.45, 2.75) is 105 Å². The number of allylic oxidation sites excluding steroid dienone is 2. The monoisotopic (exact) mass is 641 g/mol. The van der Waals surface area contributed by atoms with E-state index < -0.39 is 0 Å². The van der Waals surface area contributed by atoms with E-state index in [1.54, 1.807) is 0 Å². The second-order valence-corrected chi connectivity index (χ2v) is 13.6. The summed E-state index contributed by atoms with van der Waals surface area (Å²) in [5.41, 5.74) is 8.57. The lowest BCUT2D eigenvalue weighted by atomic mass is 9.98. The standard InChI is InChI=1S/C43H55N5/c1-9-31(5)35-15-21-39(22-16-35)47(42-25-19-37(28-44-42)33(7)11-3)41-14-13-27-46(30-41)48(40-23-17-36(18-24-40)32(6)10-2)43-26-20-38(29-45-43)34(8)12-4/h13-29,31-34H,9-12,30H2,1-8H3. The zero-order valence-corrected chi connectivity index (χ0v) is 30.4. The summed E-state index contributed by atoms with van der Waals surface area (Å²) in [4.78, 5) is 12.4. The fourth-order valence-corrected chi connectivity index (χ4v) is 6.14. The average Bonchev–Trinajstić information content (AvgIpc) is 3.15. The number of benzene rings is 2. The number of nitrogens with zero attached hydrogens (tertiary/aromatic N) is 5. The zero-order chi connectivity index (χ0) is 34.2. The predicted octanol–water partition coefficient (Wildman–Crippen LogP) is 12.1. The fourth-order valence-electron chi connectivity index (χ4n) is 6.14. The lowest BCUT2D eigenvalue weighted by molar-refractivity contribution is 0.404. The maximum Gasteiger partial charge on any atom is 0.151 e. The molecule has 252 valence electrons. The molecule has 4 aromatic rings. The highest BCUT2D eigenvalue weighted by Gasteiger charge is 2.25. The van der Waals surface area contributed by atoms with Crippen LogP contribution in [0.4, 0.5) is 23.0 Å². The molecule has 5 rings (SSSR count). The molecular formula is C43H55N5. The third kappa shape index (κ3) is 7.84. The number of hydrogen-bond donors (Lipinski definition) is 0. The molecule has 0 radical (unpaired) electrons. The molecule has 0 N–H and O–H groups in total. The van der Waals surface area contributed by atoms with Gasteiger partial charge in [0.05, 0.1) is 12.2 Å². The summed E-state index contributed by atoms with van der Waals surface area (Å²) in [6.45, 7) is 18.7. The first kappa shape index (κ1) is 34.9. The predicted molar refractivity (Wildman–Crippen MR) is 204 cm³/mol. The number of rotatable bonds is 14. The van der Waals surface area contributed by atoms with E-state index in [9.17, 15) is 0 Å². The van der Waals surface area contributed by atoms with E-state index in [-0.39, 0.29) is 0 Å². The molecule has 0 amide bonds. The van der Waals surface area contributed by atoms with Crippen LogP contribution in [0.25, 0.3) is 0 Å². The molecule has 0 aliphatic carbocycles. The van der Waals surface area contributed by atoms with Crippen LogP contribution in [0, 0.1) is 0 Å². The lowest BCUT2D eigenvalue weighted by Gasteiger charge is -2.39. The Labute approximate surface area is 290 Å². The summed E-state index contributed by atoms with van der Waals surface area (Å²) in [6, 6.07) is 26.8. The molecule has 48 heavy (non-hydrogen) atoms. The van der Waals surface area contributed by atoms with E-state index in [2.05, 4.69) is 168 Å². The normalized spacial score (nSPS) is 15.4. The van der Waals surface area contributed by atoms with Crippen molar-refractivity contribution in [2.75, 3.05) is 16.5 Å². The highest BCUT2D eigenvalue weighted by molar-refractivity contribution is 5.68. The largest absolute Gasteiger partial charge is 0.297 e. The first-order valence-electron chi connectivity index (χ1n) is 18.1. The smallest absolute Gasteiger partial charge is 0.151 e. The Kier molecular flexibility index (Phi) is 11.8. The van der Waals surface area contributed by atoms with E-state index in [0.717, 1.165) is 54.4 Å². The van der Waals surface area contributed by atoms with Crippen LogP contribution in [-0.2, 0) is 0 Å². The maximum atomic E-state index is 5.04. The molecule has 0 saturated carbocycles. The second-order valence-electron chi connectivity index (χ2n) is 13.6. The minimum atomic E-state index is 0.471. The van der Waals surface area contributed by atoms with Crippen molar-refractivity contribution < 1.29 is 0 Å². The van der Waals surface area contributed by atoms with Gasteiger partial charge in [-0.05, 0) is 120 Å². The van der Waals surface area contributed by atoms with Crippen LogP contribution in [0.15, 0.2) is 109 Å². The minimum absolute atomic E-state index is 0.471. The van der Waals surface area contributed by atoms with Gasteiger partial charge in [0.1, 0.15) is 5.82 Å². The summed E-state index contributed by atoms with van der Waals surface area (Å²) in [5.74, 6) is 3.79. The van der Waals surface area contributed by atoms with Crippen LogP contribution in [0.2, 0.25) is 0 Å². The molecule has 1 aliphatic rings. The molecule has 0 bridgehead atoms. The summed E-state index contributed by atoms with van der Waals surface area (Å²) >= 11 is 0. The molecule has 5 nitrogen and oxygen atoms in total. The Balaban J connectivity index is 1.54. The Hall–Kier alpha value is -4.38. The van der Waals surface area contributed by atoms with Gasteiger partial charge in [-0.3, -0.25) is 9.91 Å². The van der Waals surface area contributed by atoms with Gasteiger partial charge < -0.3 is 0 Å². The number of anilines is 4. The van der Waals surface area contributed by atoms with Crippen molar-refractivity contribution >= 4 is 23.0 Å². The van der Waals surface area contributed by atoms with Gasteiger partial charge in [-0.2, -0.15) is 0 Å². The van der Waals surface area contributed by atoms with Gasteiger partial charge >= 0.3 is 0 Å². The van der Waals surface area contributed by atoms with E-state index >= 15 is 0 Å². The third-order valence-corrected chi connectivity index (χ3v) is 10.4. The zero-order valence-electron chi connectivity index (χ0n) is 30.4. The Morgan fingerprint density at radius 2 is 1.00 bits per heavy atom. The first-order chi connectivity index (χ1) is 23.3. The second kappa shape index (κ2) is 16.1. The molecule has 3 heterocycles. The van der Waals surface area contributed by atoms with Crippen molar-refractivity contribution in [3.05, 3.63) is 131 Å². The molecule has 5 heteroatoms. The van der Waals surface area contributed by atoms with Crippen LogP contribution in [0.1, 0.15) is 127 Å². The molecule has 2 aromatic heterocycles. The molecule has 4 atom stereocenters. The number of pyridine rings is 2. The highest BCUT2D eigenvalue weighted by Crippen LogP contribution is 2.36. The quantitative estimate of drug-likeness (QED) is 0.137. The highest BCUT2D eigenvalue weighted by atomic mass is 15.6. The molecule has 4 unspecified atom stereocenters. The Morgan fingerprint density at radius 1 is 0.562 bits per heavy atom. The number of hydrazine groups is 1. The maximum absolute atomic E-state index is 5.04. The van der Waals surface area contributed by atoms with Crippen LogP contribution in [0.5, 0.6) is 0 Å². The Morgan fingerprint density at radius 3 is 1.46 bits per heavy atom. The van der Waals surface area contributed by atoms with Gasteiger partial charge in [0.25, 0.3) is 0 Å². The molecular weight excluding hydrogens is 587 g/mol. The fraction of sp³-hybridized carbons (Fsp3) is 0.395. The van der Waals surface area contributed by atoms with Crippen molar-refractivity contribution in [3.8, 4) is 0 Å². The van der Waals surface area contributed by atoms with E-state index in [4.69, 9.17) is 9.97 Å². The average molecular weight is 642 g/mol. The SMILES string of the molecule is CCC(C)c1ccc(N(C2=CC=CN(N(c3ccc(C(C)CC)cc3)c3ccc(C(C)CC)cn3)C2)c2ccc(C(C)CC)cn2)cc1. The summed E-state index contributed by atoms with van der Waals surface area (Å²) in [6.07, 6.45) is 15.0. The van der Waals surface area contributed by atoms with Crippen molar-refractivity contribution in [1.82, 2.24) is 15.0 Å². The van der Waals surface area contributed by atoms with Crippen LogP contribution < -0.4 is 9.91 Å². The van der Waals surface area contributed by atoms with Crippen molar-refractivity contribution in [3.63, 3.8) is 0 Å². The summed E-state index contributed by atoms with van der Waals surface area (Å²) < 4.78 is 0.